The van der Waals surface area contributed by atoms with Crippen molar-refractivity contribution in [3.8, 4) is 0 Å². The Morgan fingerprint density at radius 1 is 1.21 bits per heavy atom. The molecule has 1 aliphatic rings. The van der Waals surface area contributed by atoms with Gasteiger partial charge in [0.15, 0.2) is 0 Å². The molecule has 1 aromatic rings. The predicted octanol–water partition coefficient (Wildman–Crippen LogP) is 3.60. The minimum absolute atomic E-state index is 0.0473. The summed E-state index contributed by atoms with van der Waals surface area (Å²) in [7, 11) is 0. The minimum Gasteiger partial charge on any atom is -0.348 e. The van der Waals surface area contributed by atoms with E-state index in [9.17, 15) is 9.59 Å². The van der Waals surface area contributed by atoms with Crippen molar-refractivity contribution in [1.29, 1.82) is 0 Å². The molecule has 0 aliphatic heterocycles. The van der Waals surface area contributed by atoms with Crippen molar-refractivity contribution in [2.45, 2.75) is 52.0 Å². The first-order valence-corrected chi connectivity index (χ1v) is 8.84. The molecule has 0 bridgehead atoms. The van der Waals surface area contributed by atoms with Crippen molar-refractivity contribution < 1.29 is 9.59 Å². The lowest BCUT2D eigenvalue weighted by atomic mass is 9.97. The molecule has 0 heterocycles. The summed E-state index contributed by atoms with van der Waals surface area (Å²) >= 11 is 0. The Kier molecular flexibility index (Phi) is 7.04. The number of carbonyl (C=O) groups is 2. The maximum atomic E-state index is 12.3. The molecule has 0 fully saturated rings. The molecule has 1 N–H and O–H groups in total. The van der Waals surface area contributed by atoms with E-state index in [0.717, 1.165) is 24.8 Å². The van der Waals surface area contributed by atoms with Crippen LogP contribution in [0, 0.1) is 0 Å². The van der Waals surface area contributed by atoms with E-state index in [2.05, 4.69) is 11.4 Å². The smallest absolute Gasteiger partial charge is 0.240 e. The highest BCUT2D eigenvalue weighted by atomic mass is 16.2. The third-order valence-electron chi connectivity index (χ3n) is 4.54. The lowest BCUT2D eigenvalue weighted by Crippen LogP contribution is -2.41. The van der Waals surface area contributed by atoms with Crippen LogP contribution in [0.15, 0.2) is 42.0 Å². The summed E-state index contributed by atoms with van der Waals surface area (Å²) in [6.45, 7) is 4.23. The predicted molar refractivity (Wildman–Crippen MR) is 96.4 cm³/mol. The molecule has 0 spiro atoms. The highest BCUT2D eigenvalue weighted by Crippen LogP contribution is 2.20. The van der Waals surface area contributed by atoms with Crippen LogP contribution in [0.25, 0.3) is 0 Å². The van der Waals surface area contributed by atoms with Crippen molar-refractivity contribution in [2.75, 3.05) is 13.1 Å². The maximum Gasteiger partial charge on any atom is 0.240 e. The molecule has 1 aliphatic carbocycles. The zero-order valence-electron chi connectivity index (χ0n) is 14.8. The fraction of sp³-hybridized carbons (Fsp3) is 0.500. The van der Waals surface area contributed by atoms with Gasteiger partial charge in [0.2, 0.25) is 11.8 Å². The third-order valence-corrected chi connectivity index (χ3v) is 4.54. The van der Waals surface area contributed by atoms with E-state index in [0.29, 0.717) is 6.54 Å². The number of rotatable bonds is 7. The van der Waals surface area contributed by atoms with Gasteiger partial charge < -0.3 is 10.2 Å². The van der Waals surface area contributed by atoms with Crippen molar-refractivity contribution in [2.24, 2.45) is 0 Å². The second-order valence-corrected chi connectivity index (χ2v) is 6.50. The summed E-state index contributed by atoms with van der Waals surface area (Å²) in [6.07, 6.45) is 7.94. The minimum atomic E-state index is -0.112. The van der Waals surface area contributed by atoms with Gasteiger partial charge in [0, 0.05) is 13.5 Å². The van der Waals surface area contributed by atoms with Crippen LogP contribution in [-0.2, 0) is 9.59 Å². The summed E-state index contributed by atoms with van der Waals surface area (Å²) in [5, 5.41) is 2.97. The number of carbonyl (C=O) groups excluding carboxylic acids is 2. The van der Waals surface area contributed by atoms with Gasteiger partial charge in [0.25, 0.3) is 0 Å². The molecular formula is C20H28N2O2. The van der Waals surface area contributed by atoms with Gasteiger partial charge in [-0.2, -0.15) is 0 Å². The van der Waals surface area contributed by atoms with Gasteiger partial charge in [-0.05, 0) is 44.6 Å². The van der Waals surface area contributed by atoms with Crippen LogP contribution in [0.4, 0.5) is 0 Å². The number of hydrogen-bond acceptors (Lipinski definition) is 2. The van der Waals surface area contributed by atoms with Crippen LogP contribution in [0.3, 0.4) is 0 Å². The Morgan fingerprint density at radius 3 is 2.58 bits per heavy atom. The monoisotopic (exact) mass is 328 g/mol. The Morgan fingerprint density at radius 2 is 1.96 bits per heavy atom. The standard InChI is InChI=1S/C20H28N2O2/c1-16(19-11-7-4-8-12-19)21-20(24)15-22(17(2)23)14-13-18-9-5-3-6-10-18/h4,7-9,11-12,16H,3,5-6,10,13-15H2,1-2H3,(H,21,24). The van der Waals surface area contributed by atoms with E-state index in [1.807, 2.05) is 37.3 Å². The van der Waals surface area contributed by atoms with E-state index in [-0.39, 0.29) is 24.4 Å². The van der Waals surface area contributed by atoms with Crippen molar-refractivity contribution >= 4 is 11.8 Å². The maximum absolute atomic E-state index is 12.3. The molecule has 0 saturated heterocycles. The molecule has 0 saturated carbocycles. The second kappa shape index (κ2) is 9.26. The first-order chi connectivity index (χ1) is 11.6. The average molecular weight is 328 g/mol. The van der Waals surface area contributed by atoms with Gasteiger partial charge in [-0.15, -0.1) is 0 Å². The summed E-state index contributed by atoms with van der Waals surface area (Å²) in [5.41, 5.74) is 2.48. The molecule has 4 nitrogen and oxygen atoms in total. The normalized spacial score (nSPS) is 15.3. The van der Waals surface area contributed by atoms with Gasteiger partial charge in [-0.25, -0.2) is 0 Å². The number of benzene rings is 1. The lowest BCUT2D eigenvalue weighted by molar-refractivity contribution is -0.134. The molecule has 4 heteroatoms. The molecule has 130 valence electrons. The van der Waals surface area contributed by atoms with E-state index in [1.165, 1.54) is 25.3 Å². The van der Waals surface area contributed by atoms with Gasteiger partial charge in [-0.1, -0.05) is 42.0 Å². The highest BCUT2D eigenvalue weighted by molar-refractivity contribution is 5.84. The van der Waals surface area contributed by atoms with E-state index in [1.54, 1.807) is 4.90 Å². The van der Waals surface area contributed by atoms with Gasteiger partial charge in [-0.3, -0.25) is 9.59 Å². The number of nitrogens with one attached hydrogen (secondary N) is 1. The zero-order valence-corrected chi connectivity index (χ0v) is 14.8. The van der Waals surface area contributed by atoms with Crippen molar-refractivity contribution in [1.82, 2.24) is 10.2 Å². The lowest BCUT2D eigenvalue weighted by Gasteiger charge is -2.23. The van der Waals surface area contributed by atoms with Crippen LogP contribution >= 0.6 is 0 Å². The van der Waals surface area contributed by atoms with Crippen LogP contribution in [0.5, 0.6) is 0 Å². The van der Waals surface area contributed by atoms with Crippen LogP contribution in [0.2, 0.25) is 0 Å². The van der Waals surface area contributed by atoms with E-state index in [4.69, 9.17) is 0 Å². The second-order valence-electron chi connectivity index (χ2n) is 6.50. The van der Waals surface area contributed by atoms with Gasteiger partial charge in [0.1, 0.15) is 0 Å². The zero-order chi connectivity index (χ0) is 17.4. The fourth-order valence-corrected chi connectivity index (χ4v) is 3.04. The highest BCUT2D eigenvalue weighted by Gasteiger charge is 2.16. The van der Waals surface area contributed by atoms with Crippen LogP contribution in [-0.4, -0.2) is 29.8 Å². The summed E-state index contributed by atoms with van der Waals surface area (Å²) in [4.78, 5) is 25.7. The van der Waals surface area contributed by atoms with Crippen LogP contribution in [0.1, 0.15) is 57.6 Å². The average Bonchev–Trinajstić information content (AvgIpc) is 2.60. The molecular weight excluding hydrogens is 300 g/mol. The SMILES string of the molecule is CC(=O)N(CCC1=CCCCC1)CC(=O)NC(C)c1ccccc1. The molecule has 24 heavy (non-hydrogen) atoms. The number of hydrogen-bond donors (Lipinski definition) is 1. The summed E-state index contributed by atoms with van der Waals surface area (Å²) in [5.74, 6) is -0.159. The molecule has 2 amide bonds. The first kappa shape index (κ1) is 18.2. The Hall–Kier alpha value is -2.10. The first-order valence-electron chi connectivity index (χ1n) is 8.84. The summed E-state index contributed by atoms with van der Waals surface area (Å²) < 4.78 is 0. The van der Waals surface area contributed by atoms with Crippen molar-refractivity contribution in [3.05, 3.63) is 47.5 Å². The Labute approximate surface area is 144 Å². The number of nitrogens with zero attached hydrogens (tertiary/aromatic N) is 1. The van der Waals surface area contributed by atoms with Gasteiger partial charge >= 0.3 is 0 Å². The third kappa shape index (κ3) is 5.84. The fourth-order valence-electron chi connectivity index (χ4n) is 3.04. The molecule has 1 atom stereocenters. The van der Waals surface area contributed by atoms with E-state index < -0.39 is 0 Å². The number of allylic oxidation sites excluding steroid dienone is 1. The van der Waals surface area contributed by atoms with Crippen molar-refractivity contribution in [3.63, 3.8) is 0 Å². The largest absolute Gasteiger partial charge is 0.348 e. The molecule has 0 radical (unpaired) electrons. The van der Waals surface area contributed by atoms with Gasteiger partial charge in [0.05, 0.1) is 12.6 Å². The molecule has 1 aromatic carbocycles. The topological polar surface area (TPSA) is 49.4 Å². The molecule has 1 unspecified atom stereocenters. The number of amides is 2. The quantitative estimate of drug-likeness (QED) is 0.778. The van der Waals surface area contributed by atoms with Crippen LogP contribution < -0.4 is 5.32 Å². The molecule has 2 rings (SSSR count). The van der Waals surface area contributed by atoms with E-state index >= 15 is 0 Å². The Bertz CT molecular complexity index is 581. The molecule has 0 aromatic heterocycles. The Balaban J connectivity index is 1.84. The summed E-state index contributed by atoms with van der Waals surface area (Å²) in [6, 6.07) is 9.78.